The van der Waals surface area contributed by atoms with Crippen molar-refractivity contribution in [2.45, 2.75) is 39.7 Å². The maximum atomic E-state index is 13.0. The zero-order valence-electron chi connectivity index (χ0n) is 19.1. The molecule has 4 rings (SSSR count). The zero-order chi connectivity index (χ0) is 22.8. The number of benzene rings is 1. The number of carbonyl (C=O) groups excluding carboxylic acids is 1. The largest absolute Gasteiger partial charge is 0.497 e. The molecule has 166 valence electrons. The van der Waals surface area contributed by atoms with Gasteiger partial charge in [-0.25, -0.2) is 14.5 Å². The number of imidazole rings is 1. The summed E-state index contributed by atoms with van der Waals surface area (Å²) in [7, 11) is 3.55. The number of aryl methyl sites for hydroxylation is 4. The normalized spacial score (nSPS) is 12.2. The lowest BCUT2D eigenvalue weighted by Gasteiger charge is -2.20. The van der Waals surface area contributed by atoms with Gasteiger partial charge in [0.1, 0.15) is 17.6 Å². The SMILES string of the molecule is COc1ccc([C@H](NC(=O)CCc2c(C)nc3cc(C)nn3c2C)c2nccn2C)cc1. The van der Waals surface area contributed by atoms with Gasteiger partial charge in [-0.1, -0.05) is 12.1 Å². The van der Waals surface area contributed by atoms with Gasteiger partial charge in [0.05, 0.1) is 12.8 Å². The molecular formula is C24H28N6O2. The molecule has 3 aromatic heterocycles. The quantitative estimate of drug-likeness (QED) is 0.485. The van der Waals surface area contributed by atoms with E-state index in [1.807, 2.05) is 73.4 Å². The van der Waals surface area contributed by atoms with Gasteiger partial charge in [-0.3, -0.25) is 4.79 Å². The smallest absolute Gasteiger partial charge is 0.221 e. The highest BCUT2D eigenvalue weighted by molar-refractivity contribution is 5.77. The van der Waals surface area contributed by atoms with Crippen molar-refractivity contribution in [3.63, 3.8) is 0 Å². The number of hydrogen-bond donors (Lipinski definition) is 1. The topological polar surface area (TPSA) is 86.3 Å². The Morgan fingerprint density at radius 2 is 1.94 bits per heavy atom. The molecule has 1 N–H and O–H groups in total. The summed E-state index contributed by atoms with van der Waals surface area (Å²) in [6.45, 7) is 5.96. The number of nitrogens with zero attached hydrogens (tertiary/aromatic N) is 5. The lowest BCUT2D eigenvalue weighted by molar-refractivity contribution is -0.121. The van der Waals surface area contributed by atoms with Crippen molar-refractivity contribution < 1.29 is 9.53 Å². The maximum Gasteiger partial charge on any atom is 0.221 e. The summed E-state index contributed by atoms with van der Waals surface area (Å²) >= 11 is 0. The van der Waals surface area contributed by atoms with Crippen molar-refractivity contribution in [2.75, 3.05) is 7.11 Å². The van der Waals surface area contributed by atoms with Gasteiger partial charge in [-0.15, -0.1) is 0 Å². The lowest BCUT2D eigenvalue weighted by Crippen LogP contribution is -2.31. The molecule has 0 fully saturated rings. The first kappa shape index (κ1) is 21.5. The molecule has 0 unspecified atom stereocenters. The van der Waals surface area contributed by atoms with Gasteiger partial charge in [0.15, 0.2) is 5.65 Å². The van der Waals surface area contributed by atoms with E-state index >= 15 is 0 Å². The van der Waals surface area contributed by atoms with Crippen LogP contribution in [0.25, 0.3) is 5.65 Å². The van der Waals surface area contributed by atoms with E-state index in [0.29, 0.717) is 12.8 Å². The van der Waals surface area contributed by atoms with Gasteiger partial charge in [0, 0.05) is 43.3 Å². The van der Waals surface area contributed by atoms with E-state index in [2.05, 4.69) is 20.4 Å². The minimum Gasteiger partial charge on any atom is -0.497 e. The van der Waals surface area contributed by atoms with Gasteiger partial charge in [-0.2, -0.15) is 5.10 Å². The first-order valence-electron chi connectivity index (χ1n) is 10.6. The summed E-state index contributed by atoms with van der Waals surface area (Å²) in [5, 5.41) is 7.68. The Labute approximate surface area is 187 Å². The van der Waals surface area contributed by atoms with Gasteiger partial charge in [0.25, 0.3) is 0 Å². The van der Waals surface area contributed by atoms with Crippen molar-refractivity contribution >= 4 is 11.6 Å². The molecule has 0 aliphatic heterocycles. The van der Waals surface area contributed by atoms with Crippen LogP contribution in [0.1, 0.15) is 46.5 Å². The Bertz CT molecular complexity index is 1260. The van der Waals surface area contributed by atoms with Crippen LogP contribution in [0.2, 0.25) is 0 Å². The molecule has 0 saturated heterocycles. The number of amides is 1. The second-order valence-corrected chi connectivity index (χ2v) is 7.99. The number of hydrogen-bond acceptors (Lipinski definition) is 5. The number of methoxy groups -OCH3 is 1. The summed E-state index contributed by atoms with van der Waals surface area (Å²) in [6, 6.07) is 9.27. The molecule has 1 amide bonds. The Morgan fingerprint density at radius 3 is 2.59 bits per heavy atom. The summed E-state index contributed by atoms with van der Waals surface area (Å²) in [4.78, 5) is 22.1. The highest BCUT2D eigenvalue weighted by atomic mass is 16.5. The molecule has 3 heterocycles. The van der Waals surface area contributed by atoms with Gasteiger partial charge >= 0.3 is 0 Å². The molecule has 1 atom stereocenters. The van der Waals surface area contributed by atoms with Crippen molar-refractivity contribution in [1.29, 1.82) is 0 Å². The summed E-state index contributed by atoms with van der Waals surface area (Å²) in [5.74, 6) is 1.48. The predicted molar refractivity (Wildman–Crippen MR) is 122 cm³/mol. The maximum absolute atomic E-state index is 13.0. The Morgan fingerprint density at radius 1 is 1.19 bits per heavy atom. The summed E-state index contributed by atoms with van der Waals surface area (Å²) in [6.07, 6.45) is 4.53. The molecule has 0 spiro atoms. The van der Waals surface area contributed by atoms with Crippen molar-refractivity contribution in [1.82, 2.24) is 29.5 Å². The number of aromatic nitrogens is 5. The average molecular weight is 433 g/mol. The molecule has 0 radical (unpaired) electrons. The minimum absolute atomic E-state index is 0.0515. The third-order valence-electron chi connectivity index (χ3n) is 5.76. The molecule has 8 nitrogen and oxygen atoms in total. The Kier molecular flexibility index (Phi) is 5.94. The number of rotatable bonds is 7. The van der Waals surface area contributed by atoms with Crippen LogP contribution in [0, 0.1) is 20.8 Å². The van der Waals surface area contributed by atoms with Crippen LogP contribution in [-0.2, 0) is 18.3 Å². The second kappa shape index (κ2) is 8.82. The summed E-state index contributed by atoms with van der Waals surface area (Å²) < 4.78 is 9.03. The Hall–Kier alpha value is -3.68. The highest BCUT2D eigenvalue weighted by Gasteiger charge is 2.21. The molecule has 0 bridgehead atoms. The average Bonchev–Trinajstić information content (AvgIpc) is 3.36. The third kappa shape index (κ3) is 4.21. The van der Waals surface area contributed by atoms with E-state index in [0.717, 1.165) is 45.4 Å². The van der Waals surface area contributed by atoms with Gasteiger partial charge in [-0.05, 0) is 50.5 Å². The van der Waals surface area contributed by atoms with Crippen molar-refractivity contribution in [3.8, 4) is 5.75 Å². The first-order valence-corrected chi connectivity index (χ1v) is 10.6. The van der Waals surface area contributed by atoms with E-state index in [4.69, 9.17) is 4.74 Å². The number of carbonyl (C=O) groups is 1. The lowest BCUT2D eigenvalue weighted by atomic mass is 10.0. The van der Waals surface area contributed by atoms with E-state index in [-0.39, 0.29) is 11.9 Å². The van der Waals surface area contributed by atoms with E-state index in [1.165, 1.54) is 0 Å². The first-order chi connectivity index (χ1) is 15.4. The van der Waals surface area contributed by atoms with Crippen LogP contribution in [-0.4, -0.2) is 37.2 Å². The molecular weight excluding hydrogens is 404 g/mol. The van der Waals surface area contributed by atoms with Crippen molar-refractivity contribution in [3.05, 3.63) is 76.8 Å². The van der Waals surface area contributed by atoms with Gasteiger partial charge in [0.2, 0.25) is 5.91 Å². The molecule has 0 aliphatic carbocycles. The molecule has 32 heavy (non-hydrogen) atoms. The van der Waals surface area contributed by atoms with Crippen LogP contribution in [0.3, 0.4) is 0 Å². The van der Waals surface area contributed by atoms with Crippen LogP contribution in [0.4, 0.5) is 0 Å². The van der Waals surface area contributed by atoms with Crippen LogP contribution >= 0.6 is 0 Å². The van der Waals surface area contributed by atoms with E-state index in [1.54, 1.807) is 13.3 Å². The standard InChI is InChI=1S/C24H28N6O2/c1-15-14-21-26-16(2)20(17(3)30(21)28-15)10-11-22(31)27-23(24-25-12-13-29(24)4)18-6-8-19(32-5)9-7-18/h6-9,12-14,23H,10-11H2,1-5H3,(H,27,31)/t23-/m0/s1. The number of fused-ring (bicyclic) bond motifs is 1. The fourth-order valence-corrected chi connectivity index (χ4v) is 4.02. The predicted octanol–water partition coefficient (Wildman–Crippen LogP) is 3.24. The minimum atomic E-state index is -0.357. The van der Waals surface area contributed by atoms with Crippen LogP contribution < -0.4 is 10.1 Å². The fourth-order valence-electron chi connectivity index (χ4n) is 4.02. The zero-order valence-corrected chi connectivity index (χ0v) is 19.1. The number of nitrogens with one attached hydrogen (secondary N) is 1. The molecule has 1 aromatic carbocycles. The fraction of sp³-hybridized carbons (Fsp3) is 0.333. The van der Waals surface area contributed by atoms with Crippen LogP contribution in [0.5, 0.6) is 5.75 Å². The molecule has 4 aromatic rings. The van der Waals surface area contributed by atoms with Gasteiger partial charge < -0.3 is 14.6 Å². The molecule has 8 heteroatoms. The second-order valence-electron chi connectivity index (χ2n) is 7.99. The van der Waals surface area contributed by atoms with Crippen molar-refractivity contribution in [2.24, 2.45) is 7.05 Å². The molecule has 0 aliphatic rings. The third-order valence-corrected chi connectivity index (χ3v) is 5.76. The monoisotopic (exact) mass is 432 g/mol. The summed E-state index contributed by atoms with van der Waals surface area (Å²) in [5.41, 5.74) is 5.69. The van der Waals surface area contributed by atoms with E-state index in [9.17, 15) is 4.79 Å². The van der Waals surface area contributed by atoms with Crippen LogP contribution in [0.15, 0.2) is 42.7 Å². The highest BCUT2D eigenvalue weighted by Crippen LogP contribution is 2.24. The Balaban J connectivity index is 1.54. The number of ether oxygens (including phenoxy) is 1. The molecule has 0 saturated carbocycles. The van der Waals surface area contributed by atoms with E-state index < -0.39 is 0 Å².